The standard InChI is InChI=1S/C19H17N3O4S/c1-11-9-12(17-22-14-5-4-8-20-18(14)27-17)6-7-13(11)21-15(19(24)26-3)10-16(23)25-2/h4-10,21H,1-3H3/b15-10+. The molecule has 138 valence electrons. The van der Waals surface area contributed by atoms with Gasteiger partial charge in [-0.2, -0.15) is 0 Å². The third kappa shape index (κ3) is 4.12. The fourth-order valence-corrected chi connectivity index (χ4v) is 3.31. The van der Waals surface area contributed by atoms with Gasteiger partial charge in [-0.05, 0) is 42.8 Å². The molecular weight excluding hydrogens is 366 g/mol. The third-order valence-electron chi connectivity index (χ3n) is 3.78. The summed E-state index contributed by atoms with van der Waals surface area (Å²) in [7, 11) is 2.48. The number of rotatable bonds is 5. The van der Waals surface area contributed by atoms with Crippen LogP contribution in [0, 0.1) is 6.92 Å². The van der Waals surface area contributed by atoms with E-state index >= 15 is 0 Å². The maximum absolute atomic E-state index is 11.9. The topological polar surface area (TPSA) is 90.4 Å². The molecule has 1 aromatic carbocycles. The molecule has 2 aromatic heterocycles. The van der Waals surface area contributed by atoms with Gasteiger partial charge in [-0.25, -0.2) is 19.6 Å². The molecule has 0 saturated heterocycles. The zero-order valence-corrected chi connectivity index (χ0v) is 15.8. The Labute approximate surface area is 159 Å². The van der Waals surface area contributed by atoms with E-state index in [0.717, 1.165) is 32.6 Å². The minimum Gasteiger partial charge on any atom is -0.466 e. The van der Waals surface area contributed by atoms with E-state index in [1.807, 2.05) is 37.3 Å². The van der Waals surface area contributed by atoms with E-state index in [0.29, 0.717) is 5.69 Å². The molecule has 0 saturated carbocycles. The zero-order chi connectivity index (χ0) is 19.4. The fourth-order valence-electron chi connectivity index (χ4n) is 2.41. The number of methoxy groups -OCH3 is 2. The van der Waals surface area contributed by atoms with Crippen LogP contribution in [0.15, 0.2) is 48.3 Å². The molecule has 0 bridgehead atoms. The molecule has 0 fully saturated rings. The average Bonchev–Trinajstić information content (AvgIpc) is 3.12. The van der Waals surface area contributed by atoms with Crippen molar-refractivity contribution in [2.24, 2.45) is 0 Å². The van der Waals surface area contributed by atoms with Gasteiger partial charge in [-0.1, -0.05) is 11.3 Å². The monoisotopic (exact) mass is 383 g/mol. The second kappa shape index (κ2) is 7.96. The number of aryl methyl sites for hydroxylation is 1. The van der Waals surface area contributed by atoms with Gasteiger partial charge in [0.1, 0.15) is 21.1 Å². The first-order valence-corrected chi connectivity index (χ1v) is 8.81. The molecular formula is C19H17N3O4S. The number of hydrogen-bond acceptors (Lipinski definition) is 8. The third-order valence-corrected chi connectivity index (χ3v) is 4.81. The van der Waals surface area contributed by atoms with Crippen LogP contribution in [0.25, 0.3) is 20.9 Å². The number of benzene rings is 1. The number of carbonyl (C=O) groups excluding carboxylic acids is 2. The van der Waals surface area contributed by atoms with Gasteiger partial charge >= 0.3 is 11.9 Å². The Morgan fingerprint density at radius 1 is 1.19 bits per heavy atom. The number of pyridine rings is 1. The highest BCUT2D eigenvalue weighted by Crippen LogP contribution is 2.31. The Kier molecular flexibility index (Phi) is 5.46. The normalized spacial score (nSPS) is 11.3. The van der Waals surface area contributed by atoms with Gasteiger partial charge in [0.25, 0.3) is 0 Å². The lowest BCUT2D eigenvalue weighted by molar-refractivity contribution is -0.138. The molecule has 0 aliphatic rings. The van der Waals surface area contributed by atoms with Crippen molar-refractivity contribution < 1.29 is 19.1 Å². The quantitative estimate of drug-likeness (QED) is 0.534. The van der Waals surface area contributed by atoms with Crippen molar-refractivity contribution in [3.8, 4) is 10.6 Å². The summed E-state index contributed by atoms with van der Waals surface area (Å²) in [6, 6.07) is 9.43. The first kappa shape index (κ1) is 18.5. The molecule has 0 radical (unpaired) electrons. The Morgan fingerprint density at radius 2 is 2.00 bits per heavy atom. The van der Waals surface area contributed by atoms with Gasteiger partial charge in [0.05, 0.1) is 20.3 Å². The van der Waals surface area contributed by atoms with Crippen molar-refractivity contribution in [1.29, 1.82) is 0 Å². The number of thiazole rings is 1. The second-order valence-corrected chi connectivity index (χ2v) is 6.55. The van der Waals surface area contributed by atoms with Crippen molar-refractivity contribution in [3.05, 3.63) is 53.9 Å². The van der Waals surface area contributed by atoms with Gasteiger partial charge in [0.2, 0.25) is 0 Å². The molecule has 0 amide bonds. The smallest absolute Gasteiger partial charge is 0.354 e. The van der Waals surface area contributed by atoms with E-state index in [4.69, 9.17) is 4.74 Å². The Balaban J connectivity index is 1.90. The van der Waals surface area contributed by atoms with E-state index in [-0.39, 0.29) is 5.70 Å². The Bertz CT molecular complexity index is 1010. The lowest BCUT2D eigenvalue weighted by atomic mass is 10.1. The largest absolute Gasteiger partial charge is 0.466 e. The van der Waals surface area contributed by atoms with Crippen LogP contribution in [-0.2, 0) is 19.1 Å². The molecule has 2 heterocycles. The van der Waals surface area contributed by atoms with Crippen LogP contribution < -0.4 is 5.32 Å². The highest BCUT2D eigenvalue weighted by atomic mass is 32.1. The summed E-state index contributed by atoms with van der Waals surface area (Å²) >= 11 is 1.51. The summed E-state index contributed by atoms with van der Waals surface area (Å²) in [6.07, 6.45) is 2.79. The lowest BCUT2D eigenvalue weighted by Crippen LogP contribution is -2.16. The van der Waals surface area contributed by atoms with Gasteiger partial charge < -0.3 is 14.8 Å². The number of nitrogens with one attached hydrogen (secondary N) is 1. The molecule has 1 N–H and O–H groups in total. The maximum atomic E-state index is 11.9. The molecule has 3 rings (SSSR count). The summed E-state index contributed by atoms with van der Waals surface area (Å²) in [5, 5.41) is 3.78. The van der Waals surface area contributed by atoms with Crippen LogP contribution in [0.1, 0.15) is 5.56 Å². The van der Waals surface area contributed by atoms with Crippen LogP contribution in [0.3, 0.4) is 0 Å². The average molecular weight is 383 g/mol. The summed E-state index contributed by atoms with van der Waals surface area (Å²) in [5.74, 6) is -1.32. The number of aromatic nitrogens is 2. The summed E-state index contributed by atoms with van der Waals surface area (Å²) in [4.78, 5) is 33.2. The summed E-state index contributed by atoms with van der Waals surface area (Å²) in [5.41, 5.74) is 3.33. The van der Waals surface area contributed by atoms with E-state index in [2.05, 4.69) is 20.0 Å². The first-order chi connectivity index (χ1) is 13.0. The molecule has 0 aliphatic heterocycles. The number of fused-ring (bicyclic) bond motifs is 1. The van der Waals surface area contributed by atoms with Crippen molar-refractivity contribution in [1.82, 2.24) is 9.97 Å². The van der Waals surface area contributed by atoms with Crippen molar-refractivity contribution in [2.75, 3.05) is 19.5 Å². The summed E-state index contributed by atoms with van der Waals surface area (Å²) in [6.45, 7) is 1.89. The Hall–Kier alpha value is -3.26. The minimum absolute atomic E-state index is 0.00983. The van der Waals surface area contributed by atoms with E-state index in [9.17, 15) is 9.59 Å². The van der Waals surface area contributed by atoms with E-state index < -0.39 is 11.9 Å². The molecule has 7 nitrogen and oxygen atoms in total. The molecule has 0 unspecified atom stereocenters. The highest BCUT2D eigenvalue weighted by Gasteiger charge is 2.15. The zero-order valence-electron chi connectivity index (χ0n) is 15.0. The van der Waals surface area contributed by atoms with Gasteiger partial charge in [-0.15, -0.1) is 0 Å². The molecule has 8 heteroatoms. The van der Waals surface area contributed by atoms with Crippen molar-refractivity contribution in [3.63, 3.8) is 0 Å². The van der Waals surface area contributed by atoms with Gasteiger partial charge in [0.15, 0.2) is 0 Å². The van der Waals surface area contributed by atoms with Crippen molar-refractivity contribution >= 4 is 39.3 Å². The molecule has 0 spiro atoms. The number of hydrogen-bond donors (Lipinski definition) is 1. The lowest BCUT2D eigenvalue weighted by Gasteiger charge is -2.12. The SMILES string of the molecule is COC(=O)/C=C(/Nc1ccc(-c2nc3cccnc3s2)cc1C)C(=O)OC. The number of esters is 2. The number of ether oxygens (including phenoxy) is 2. The predicted octanol–water partition coefficient (Wildman–Crippen LogP) is 3.31. The number of carbonyl (C=O) groups is 2. The van der Waals surface area contributed by atoms with Crippen LogP contribution >= 0.6 is 11.3 Å². The van der Waals surface area contributed by atoms with Crippen LogP contribution in [-0.4, -0.2) is 36.1 Å². The summed E-state index contributed by atoms with van der Waals surface area (Å²) < 4.78 is 9.28. The molecule has 0 atom stereocenters. The molecule has 3 aromatic rings. The van der Waals surface area contributed by atoms with Crippen molar-refractivity contribution in [2.45, 2.75) is 6.92 Å². The van der Waals surface area contributed by atoms with Gasteiger partial charge in [0, 0.05) is 17.4 Å². The number of anilines is 1. The molecule has 27 heavy (non-hydrogen) atoms. The minimum atomic E-state index is -0.666. The fraction of sp³-hybridized carbons (Fsp3) is 0.158. The van der Waals surface area contributed by atoms with Crippen LogP contribution in [0.2, 0.25) is 0 Å². The maximum Gasteiger partial charge on any atom is 0.354 e. The first-order valence-electron chi connectivity index (χ1n) is 7.99. The molecule has 0 aliphatic carbocycles. The van der Waals surface area contributed by atoms with Gasteiger partial charge in [-0.3, -0.25) is 0 Å². The second-order valence-electron chi connectivity index (χ2n) is 5.57. The Morgan fingerprint density at radius 3 is 2.67 bits per heavy atom. The predicted molar refractivity (Wildman–Crippen MR) is 103 cm³/mol. The van der Waals surface area contributed by atoms with Crippen LogP contribution in [0.5, 0.6) is 0 Å². The van der Waals surface area contributed by atoms with Crippen LogP contribution in [0.4, 0.5) is 5.69 Å². The highest BCUT2D eigenvalue weighted by molar-refractivity contribution is 7.21. The van der Waals surface area contributed by atoms with E-state index in [1.165, 1.54) is 25.6 Å². The number of nitrogens with zero attached hydrogens (tertiary/aromatic N) is 2. The van der Waals surface area contributed by atoms with E-state index in [1.54, 1.807) is 6.20 Å².